The normalized spacial score (nSPS) is 11.1. The molecule has 0 atom stereocenters. The molecule has 0 radical (unpaired) electrons. The van der Waals surface area contributed by atoms with Crippen molar-refractivity contribution in [2.45, 2.75) is 26.2 Å². The molecule has 6 heteroatoms. The lowest BCUT2D eigenvalue weighted by molar-refractivity contribution is -0.152. The second kappa shape index (κ2) is 8.08. The number of carbonyl (C=O) groups excluding carboxylic acids is 2. The van der Waals surface area contributed by atoms with Crippen molar-refractivity contribution in [2.24, 2.45) is 0 Å². The highest BCUT2D eigenvalue weighted by Crippen LogP contribution is 2.25. The Morgan fingerprint density at radius 3 is 2.43 bits per heavy atom. The van der Waals surface area contributed by atoms with Crippen LogP contribution < -0.4 is 5.32 Å². The minimum Gasteiger partial charge on any atom is -0.455 e. The van der Waals surface area contributed by atoms with Crippen molar-refractivity contribution in [3.05, 3.63) is 71.8 Å². The summed E-state index contributed by atoms with van der Waals surface area (Å²) in [6.45, 7) is 5.11. The number of nitrogens with one attached hydrogen (secondary N) is 1. The van der Waals surface area contributed by atoms with Crippen LogP contribution in [-0.2, 0) is 19.7 Å². The first-order chi connectivity index (χ1) is 13.4. The summed E-state index contributed by atoms with van der Waals surface area (Å²) in [5, 5.41) is 6.49. The minimum atomic E-state index is -0.855. The molecule has 1 heterocycles. The lowest BCUT2D eigenvalue weighted by atomic mass is 9.85. The van der Waals surface area contributed by atoms with E-state index in [2.05, 4.69) is 10.5 Å². The molecule has 0 aliphatic carbocycles. The van der Waals surface area contributed by atoms with E-state index >= 15 is 0 Å². The molecule has 0 unspecified atom stereocenters. The highest BCUT2D eigenvalue weighted by atomic mass is 16.5. The highest BCUT2D eigenvalue weighted by Gasteiger charge is 2.31. The van der Waals surface area contributed by atoms with E-state index in [-0.39, 0.29) is 5.88 Å². The topological polar surface area (TPSA) is 81.4 Å². The zero-order valence-corrected chi connectivity index (χ0v) is 16.1. The summed E-state index contributed by atoms with van der Waals surface area (Å²) in [4.78, 5) is 24.5. The zero-order chi connectivity index (χ0) is 20.1. The van der Waals surface area contributed by atoms with Gasteiger partial charge in [0.2, 0.25) is 5.88 Å². The summed E-state index contributed by atoms with van der Waals surface area (Å²) >= 11 is 0. The number of hydrogen-bond acceptors (Lipinski definition) is 5. The minimum absolute atomic E-state index is 0.193. The van der Waals surface area contributed by atoms with Gasteiger partial charge in [-0.1, -0.05) is 65.3 Å². The van der Waals surface area contributed by atoms with E-state index in [0.29, 0.717) is 5.69 Å². The Morgan fingerprint density at radius 2 is 1.75 bits per heavy atom. The number of amides is 1. The summed E-state index contributed by atoms with van der Waals surface area (Å²) in [5.41, 5.74) is 2.59. The van der Waals surface area contributed by atoms with E-state index in [9.17, 15) is 9.59 Å². The number of rotatable bonds is 6. The van der Waals surface area contributed by atoms with E-state index in [4.69, 9.17) is 9.26 Å². The number of benzene rings is 2. The van der Waals surface area contributed by atoms with Crippen molar-refractivity contribution in [1.82, 2.24) is 5.16 Å². The van der Waals surface area contributed by atoms with Crippen LogP contribution >= 0.6 is 0 Å². The Labute approximate surface area is 163 Å². The second-order valence-electron chi connectivity index (χ2n) is 7.06. The maximum absolute atomic E-state index is 12.4. The van der Waals surface area contributed by atoms with Crippen LogP contribution in [0.5, 0.6) is 0 Å². The number of ether oxygens (including phenoxy) is 1. The molecule has 1 N–H and O–H groups in total. The molecule has 3 aromatic rings. The molecular formula is C22H22N2O4. The van der Waals surface area contributed by atoms with Crippen molar-refractivity contribution >= 4 is 17.8 Å². The Bertz CT molecular complexity index is 960. The molecule has 3 rings (SSSR count). The molecule has 0 aliphatic heterocycles. The molecule has 0 fully saturated rings. The van der Waals surface area contributed by atoms with E-state index in [1.807, 2.05) is 61.5 Å². The third-order valence-electron chi connectivity index (χ3n) is 4.46. The SMILES string of the molecule is Cc1ccc(-c2cc(NC(=O)COC(=O)C(C)(C)c3ccccc3)on2)cc1. The lowest BCUT2D eigenvalue weighted by Gasteiger charge is -2.22. The van der Waals surface area contributed by atoms with E-state index in [1.54, 1.807) is 19.9 Å². The van der Waals surface area contributed by atoms with Gasteiger partial charge in [-0.25, -0.2) is 0 Å². The molecule has 6 nitrogen and oxygen atoms in total. The Kier molecular flexibility index (Phi) is 5.59. The molecule has 144 valence electrons. The van der Waals surface area contributed by atoms with Gasteiger partial charge in [-0.05, 0) is 26.3 Å². The largest absolute Gasteiger partial charge is 0.455 e. The second-order valence-corrected chi connectivity index (χ2v) is 7.06. The van der Waals surface area contributed by atoms with Gasteiger partial charge in [0.15, 0.2) is 6.61 Å². The number of anilines is 1. The van der Waals surface area contributed by atoms with Crippen LogP contribution in [0.3, 0.4) is 0 Å². The first kappa shape index (κ1) is 19.4. The van der Waals surface area contributed by atoms with Crippen LogP contribution in [0.1, 0.15) is 25.0 Å². The van der Waals surface area contributed by atoms with Crippen LogP contribution in [0, 0.1) is 6.92 Å². The summed E-state index contributed by atoms with van der Waals surface area (Å²) in [6.07, 6.45) is 0. The smallest absolute Gasteiger partial charge is 0.316 e. The third kappa shape index (κ3) is 4.46. The third-order valence-corrected chi connectivity index (χ3v) is 4.46. The van der Waals surface area contributed by atoms with Gasteiger partial charge in [0.05, 0.1) is 5.41 Å². The first-order valence-corrected chi connectivity index (χ1v) is 8.92. The van der Waals surface area contributed by atoms with Gasteiger partial charge in [0.1, 0.15) is 5.69 Å². The quantitative estimate of drug-likeness (QED) is 0.653. The van der Waals surface area contributed by atoms with E-state index in [1.165, 1.54) is 0 Å². The fourth-order valence-corrected chi connectivity index (χ4v) is 2.65. The summed E-state index contributed by atoms with van der Waals surface area (Å²) < 4.78 is 10.3. The predicted molar refractivity (Wildman–Crippen MR) is 106 cm³/mol. The zero-order valence-electron chi connectivity index (χ0n) is 16.1. The molecular weight excluding hydrogens is 356 g/mol. The average molecular weight is 378 g/mol. The van der Waals surface area contributed by atoms with Crippen molar-refractivity contribution in [1.29, 1.82) is 0 Å². The molecule has 1 aromatic heterocycles. The van der Waals surface area contributed by atoms with Gasteiger partial charge in [-0.15, -0.1) is 0 Å². The number of hydrogen-bond donors (Lipinski definition) is 1. The molecule has 28 heavy (non-hydrogen) atoms. The van der Waals surface area contributed by atoms with Gasteiger partial charge >= 0.3 is 5.97 Å². The maximum atomic E-state index is 12.4. The van der Waals surface area contributed by atoms with Crippen LogP contribution in [0.4, 0.5) is 5.88 Å². The number of esters is 1. The standard InChI is InChI=1S/C22H22N2O4/c1-15-9-11-16(12-10-15)18-13-20(28-24-18)23-19(25)14-27-21(26)22(2,3)17-7-5-4-6-8-17/h4-13H,14H2,1-3H3,(H,23,25). The van der Waals surface area contributed by atoms with Gasteiger partial charge in [-0.2, -0.15) is 0 Å². The van der Waals surface area contributed by atoms with Crippen LogP contribution in [0.2, 0.25) is 0 Å². The lowest BCUT2D eigenvalue weighted by Crippen LogP contribution is -2.33. The van der Waals surface area contributed by atoms with Crippen LogP contribution in [-0.4, -0.2) is 23.6 Å². The summed E-state index contributed by atoms with van der Waals surface area (Å²) in [5.74, 6) is -0.783. The summed E-state index contributed by atoms with van der Waals surface area (Å²) in [7, 11) is 0. The molecule has 0 bridgehead atoms. The monoisotopic (exact) mass is 378 g/mol. The number of carbonyl (C=O) groups is 2. The molecule has 0 saturated carbocycles. The molecule has 0 saturated heterocycles. The Hall–Kier alpha value is -3.41. The van der Waals surface area contributed by atoms with Crippen LogP contribution in [0.15, 0.2) is 65.2 Å². The van der Waals surface area contributed by atoms with Gasteiger partial charge in [0, 0.05) is 11.6 Å². The van der Waals surface area contributed by atoms with Crippen molar-refractivity contribution < 1.29 is 18.8 Å². The molecule has 2 aromatic carbocycles. The molecule has 1 amide bonds. The fraction of sp³-hybridized carbons (Fsp3) is 0.227. The van der Waals surface area contributed by atoms with Gasteiger partial charge < -0.3 is 9.26 Å². The van der Waals surface area contributed by atoms with Crippen molar-refractivity contribution in [3.63, 3.8) is 0 Å². The fourth-order valence-electron chi connectivity index (χ4n) is 2.65. The highest BCUT2D eigenvalue weighted by molar-refractivity contribution is 5.93. The van der Waals surface area contributed by atoms with Gasteiger partial charge in [-0.3, -0.25) is 14.9 Å². The van der Waals surface area contributed by atoms with E-state index < -0.39 is 23.9 Å². The van der Waals surface area contributed by atoms with Gasteiger partial charge in [0.25, 0.3) is 5.91 Å². The average Bonchev–Trinajstić information content (AvgIpc) is 3.15. The Morgan fingerprint density at radius 1 is 1.07 bits per heavy atom. The molecule has 0 spiro atoms. The number of aryl methyl sites for hydroxylation is 1. The maximum Gasteiger partial charge on any atom is 0.316 e. The number of nitrogens with zero attached hydrogens (tertiary/aromatic N) is 1. The number of aromatic nitrogens is 1. The molecule has 0 aliphatic rings. The van der Waals surface area contributed by atoms with E-state index in [0.717, 1.165) is 16.7 Å². The Balaban J connectivity index is 1.56. The van der Waals surface area contributed by atoms with Crippen molar-refractivity contribution in [2.75, 3.05) is 11.9 Å². The predicted octanol–water partition coefficient (Wildman–Crippen LogP) is 4.11. The van der Waals surface area contributed by atoms with Crippen molar-refractivity contribution in [3.8, 4) is 11.3 Å². The summed E-state index contributed by atoms with van der Waals surface area (Å²) in [6, 6.07) is 18.7. The van der Waals surface area contributed by atoms with Crippen LogP contribution in [0.25, 0.3) is 11.3 Å². The first-order valence-electron chi connectivity index (χ1n) is 8.92.